The van der Waals surface area contributed by atoms with Crippen molar-refractivity contribution < 1.29 is 30.0 Å². The van der Waals surface area contributed by atoms with Crippen LogP contribution in [0.3, 0.4) is 0 Å². The number of hydrogen-bond donors (Lipinski definition) is 5. The summed E-state index contributed by atoms with van der Waals surface area (Å²) in [5.74, 6) is -7.74. The number of rotatable bonds is 31. The van der Waals surface area contributed by atoms with E-state index in [1.807, 2.05) is 0 Å². The minimum absolute atomic E-state index is 0.0472. The first-order valence-corrected chi connectivity index (χ1v) is 21.4. The van der Waals surface area contributed by atoms with Gasteiger partial charge in [0.05, 0.1) is 5.41 Å². The quantitative estimate of drug-likeness (QED) is 0.0363. The number of amides is 1. The maximum atomic E-state index is 14.1. The molecule has 1 saturated heterocycles. The van der Waals surface area contributed by atoms with Crippen molar-refractivity contribution in [3.05, 3.63) is 0 Å². The van der Waals surface area contributed by atoms with Gasteiger partial charge >= 0.3 is 0 Å². The fourth-order valence-corrected chi connectivity index (χ4v) is 7.81. The number of Topliss-reactive ketones (excluding diaryl/α,β-unsaturated/α-hetero) is 1. The lowest BCUT2D eigenvalue weighted by Crippen LogP contribution is -2.66. The first-order valence-electron chi connectivity index (χ1n) is 21.4. The van der Waals surface area contributed by atoms with E-state index in [9.17, 15) is 30.0 Å². The zero-order valence-electron chi connectivity index (χ0n) is 32.4. The molecule has 0 spiro atoms. The van der Waals surface area contributed by atoms with Crippen LogP contribution in [0, 0.1) is 5.41 Å². The highest BCUT2D eigenvalue weighted by atomic mass is 16.5. The highest BCUT2D eigenvalue weighted by molar-refractivity contribution is 5.98. The second-order valence-electron chi connectivity index (χ2n) is 15.7. The van der Waals surface area contributed by atoms with Crippen LogP contribution in [0.2, 0.25) is 0 Å². The maximum absolute atomic E-state index is 14.1. The van der Waals surface area contributed by atoms with Crippen LogP contribution in [0.15, 0.2) is 0 Å². The molecule has 1 atom stereocenters. The first kappa shape index (κ1) is 46.0. The minimum Gasteiger partial charge on any atom is -0.360 e. The molecule has 1 aliphatic rings. The zero-order valence-corrected chi connectivity index (χ0v) is 32.4. The number of unbranched alkanes of at least 4 members (excludes halogenated alkanes) is 25. The van der Waals surface area contributed by atoms with Crippen LogP contribution < -0.4 is 5.32 Å². The Labute approximate surface area is 302 Å². The molecule has 0 bridgehead atoms. The normalized spacial score (nSPS) is 18.8. The van der Waals surface area contributed by atoms with Crippen molar-refractivity contribution in [2.75, 3.05) is 6.54 Å². The van der Waals surface area contributed by atoms with Crippen molar-refractivity contribution >= 4 is 11.7 Å². The van der Waals surface area contributed by atoms with E-state index in [1.54, 1.807) is 0 Å². The summed E-state index contributed by atoms with van der Waals surface area (Å²) in [4.78, 5) is 27.2. The summed E-state index contributed by atoms with van der Waals surface area (Å²) < 4.78 is 0. The summed E-state index contributed by atoms with van der Waals surface area (Å²) in [6.07, 6.45) is 34.1. The van der Waals surface area contributed by atoms with Crippen molar-refractivity contribution in [1.82, 2.24) is 5.32 Å². The van der Waals surface area contributed by atoms with E-state index in [0.29, 0.717) is 25.8 Å². The Morgan fingerprint density at radius 1 is 0.571 bits per heavy atom. The number of hydrogen-bond acceptors (Lipinski definition) is 6. The van der Waals surface area contributed by atoms with Crippen molar-refractivity contribution in [2.24, 2.45) is 5.41 Å². The molecule has 1 rings (SSSR count). The third kappa shape index (κ3) is 19.4. The summed E-state index contributed by atoms with van der Waals surface area (Å²) in [5.41, 5.74) is -1.97. The van der Waals surface area contributed by atoms with Gasteiger partial charge in [0, 0.05) is 13.0 Å². The molecule has 1 unspecified atom stereocenters. The molecule has 7 heteroatoms. The second-order valence-corrected chi connectivity index (χ2v) is 15.7. The molecule has 0 saturated carbocycles. The molecule has 1 fully saturated rings. The van der Waals surface area contributed by atoms with E-state index >= 15 is 0 Å². The van der Waals surface area contributed by atoms with Gasteiger partial charge < -0.3 is 25.7 Å². The van der Waals surface area contributed by atoms with Crippen molar-refractivity contribution in [3.8, 4) is 0 Å². The zero-order chi connectivity index (χ0) is 36.1. The standard InChI is InChI=1S/C42H81NO6/c1-3-5-7-9-11-13-15-17-19-21-23-25-27-32-36-41(46,47)38(44)40(35-31-28-29-33-37-43-39(45)42(40,48)49)34-30-26-24-22-20-18-16-14-12-10-8-6-4-2/h46-49H,3-37H2,1-2H3,(H,43,45). The van der Waals surface area contributed by atoms with Crippen LogP contribution in [0.5, 0.6) is 0 Å². The van der Waals surface area contributed by atoms with E-state index in [4.69, 9.17) is 0 Å². The predicted molar refractivity (Wildman–Crippen MR) is 203 cm³/mol. The number of carbonyl (C=O) groups excluding carboxylic acids is 2. The smallest absolute Gasteiger partial charge is 0.281 e. The highest BCUT2D eigenvalue weighted by Crippen LogP contribution is 2.45. The van der Waals surface area contributed by atoms with Gasteiger partial charge in [0.15, 0.2) is 0 Å². The average Bonchev–Trinajstić information content (AvgIpc) is 3.08. The molecule has 0 radical (unpaired) electrons. The van der Waals surface area contributed by atoms with Crippen LogP contribution >= 0.6 is 0 Å². The maximum Gasteiger partial charge on any atom is 0.281 e. The van der Waals surface area contributed by atoms with Gasteiger partial charge in [-0.05, 0) is 25.7 Å². The average molecular weight is 696 g/mol. The number of nitrogens with one attached hydrogen (secondary N) is 1. The lowest BCUT2D eigenvalue weighted by atomic mass is 9.65. The third-order valence-electron chi connectivity index (χ3n) is 11.2. The van der Waals surface area contributed by atoms with E-state index in [-0.39, 0.29) is 19.3 Å². The van der Waals surface area contributed by atoms with E-state index < -0.39 is 28.7 Å². The summed E-state index contributed by atoms with van der Waals surface area (Å²) in [6, 6.07) is 0. The number of ketones is 1. The van der Waals surface area contributed by atoms with E-state index in [1.165, 1.54) is 122 Å². The largest absolute Gasteiger partial charge is 0.360 e. The molecule has 49 heavy (non-hydrogen) atoms. The topological polar surface area (TPSA) is 127 Å². The molecule has 1 aliphatic heterocycles. The van der Waals surface area contributed by atoms with Gasteiger partial charge in [-0.1, -0.05) is 200 Å². The van der Waals surface area contributed by atoms with Crippen LogP contribution in [-0.4, -0.2) is 50.2 Å². The van der Waals surface area contributed by atoms with Crippen molar-refractivity contribution in [2.45, 2.75) is 244 Å². The fraction of sp³-hybridized carbons (Fsp3) is 0.952. The minimum atomic E-state index is -3.01. The molecule has 0 aliphatic carbocycles. The summed E-state index contributed by atoms with van der Waals surface area (Å²) in [5, 5.41) is 47.7. The Balaban J connectivity index is 2.60. The van der Waals surface area contributed by atoms with Crippen LogP contribution in [0.1, 0.15) is 232 Å². The van der Waals surface area contributed by atoms with Crippen LogP contribution in [-0.2, 0) is 9.59 Å². The Hall–Kier alpha value is -1.02. The molecule has 1 amide bonds. The Bertz CT molecular complexity index is 815. The molecule has 7 nitrogen and oxygen atoms in total. The summed E-state index contributed by atoms with van der Waals surface area (Å²) in [7, 11) is 0. The van der Waals surface area contributed by atoms with Gasteiger partial charge in [-0.25, -0.2) is 0 Å². The van der Waals surface area contributed by atoms with E-state index in [0.717, 1.165) is 57.8 Å². The lowest BCUT2D eigenvalue weighted by Gasteiger charge is -2.44. The van der Waals surface area contributed by atoms with Crippen LogP contribution in [0.25, 0.3) is 0 Å². The molecule has 290 valence electrons. The lowest BCUT2D eigenvalue weighted by molar-refractivity contribution is -0.254. The Kier molecular flexibility index (Phi) is 26.8. The first-order chi connectivity index (χ1) is 23.7. The molecular weight excluding hydrogens is 614 g/mol. The molecule has 0 aromatic carbocycles. The van der Waals surface area contributed by atoms with Gasteiger partial charge in [-0.2, -0.15) is 0 Å². The van der Waals surface area contributed by atoms with Crippen LogP contribution in [0.4, 0.5) is 0 Å². The summed E-state index contributed by atoms with van der Waals surface area (Å²) >= 11 is 0. The van der Waals surface area contributed by atoms with Gasteiger partial charge in [-0.3, -0.25) is 9.59 Å². The van der Waals surface area contributed by atoms with Crippen molar-refractivity contribution in [1.29, 1.82) is 0 Å². The van der Waals surface area contributed by atoms with Gasteiger partial charge in [-0.15, -0.1) is 0 Å². The van der Waals surface area contributed by atoms with Gasteiger partial charge in [0.25, 0.3) is 11.7 Å². The SMILES string of the molecule is CCCCCCCCCCCCCCCCC(O)(O)C(=O)C1(CCCCCCCCCCCCCCC)CCCCCCNC(=O)C1(O)O. The molecule has 1 heterocycles. The monoisotopic (exact) mass is 696 g/mol. The summed E-state index contributed by atoms with van der Waals surface area (Å²) in [6.45, 7) is 4.79. The Morgan fingerprint density at radius 2 is 0.939 bits per heavy atom. The van der Waals surface area contributed by atoms with Crippen molar-refractivity contribution in [3.63, 3.8) is 0 Å². The molecular formula is C42H81NO6. The van der Waals surface area contributed by atoms with Gasteiger partial charge in [0.2, 0.25) is 11.6 Å². The molecule has 0 aromatic rings. The van der Waals surface area contributed by atoms with E-state index in [2.05, 4.69) is 19.2 Å². The van der Waals surface area contributed by atoms with Gasteiger partial charge in [0.1, 0.15) is 0 Å². The second kappa shape index (κ2) is 28.6. The molecule has 5 N–H and O–H groups in total. The fourth-order valence-electron chi connectivity index (χ4n) is 7.81. The number of aliphatic hydroxyl groups is 4. The number of carbonyl (C=O) groups is 2. The molecule has 0 aromatic heterocycles. The Morgan fingerprint density at radius 3 is 1.37 bits per heavy atom. The highest BCUT2D eigenvalue weighted by Gasteiger charge is 2.62. The predicted octanol–water partition coefficient (Wildman–Crippen LogP) is 10.3. The third-order valence-corrected chi connectivity index (χ3v) is 11.2.